The van der Waals surface area contributed by atoms with E-state index >= 15 is 0 Å². The fourth-order valence-corrected chi connectivity index (χ4v) is 2.06. The maximum absolute atomic E-state index is 11.9. The summed E-state index contributed by atoms with van der Waals surface area (Å²) in [6.45, 7) is 1.94. The van der Waals surface area contributed by atoms with Crippen molar-refractivity contribution in [2.75, 3.05) is 5.32 Å². The number of carbonyl (C=O) groups excluding carboxylic acids is 2. The summed E-state index contributed by atoms with van der Waals surface area (Å²) in [6.07, 6.45) is 1.93. The van der Waals surface area contributed by atoms with E-state index in [1.807, 2.05) is 19.1 Å². The van der Waals surface area contributed by atoms with Crippen molar-refractivity contribution >= 4 is 29.4 Å². The molecular formula is C17H16N4O4. The minimum Gasteiger partial charge on any atom is -0.317 e. The molecule has 0 saturated carbocycles. The predicted molar refractivity (Wildman–Crippen MR) is 93.3 cm³/mol. The van der Waals surface area contributed by atoms with Gasteiger partial charge < -0.3 is 5.32 Å². The summed E-state index contributed by atoms with van der Waals surface area (Å²) in [5.41, 5.74) is 3.88. The van der Waals surface area contributed by atoms with E-state index in [0.717, 1.165) is 5.56 Å². The summed E-state index contributed by atoms with van der Waals surface area (Å²) in [6, 6.07) is 12.9. The van der Waals surface area contributed by atoms with Crippen LogP contribution in [0.3, 0.4) is 0 Å². The molecule has 2 aromatic rings. The number of nitro benzene ring substituents is 1. The first-order valence-electron chi connectivity index (χ1n) is 7.48. The molecule has 25 heavy (non-hydrogen) atoms. The largest absolute Gasteiger partial charge is 0.329 e. The van der Waals surface area contributed by atoms with Crippen molar-refractivity contribution in [3.05, 3.63) is 69.8 Å². The summed E-state index contributed by atoms with van der Waals surface area (Å²) < 4.78 is 0. The highest BCUT2D eigenvalue weighted by Gasteiger charge is 2.14. The summed E-state index contributed by atoms with van der Waals surface area (Å²) in [7, 11) is 0. The van der Waals surface area contributed by atoms with E-state index in [9.17, 15) is 19.7 Å². The Bertz CT molecular complexity index is 833. The van der Waals surface area contributed by atoms with Crippen molar-refractivity contribution in [2.45, 2.75) is 13.3 Å². The number of para-hydroxylation sites is 1. The van der Waals surface area contributed by atoms with Crippen LogP contribution in [0.2, 0.25) is 0 Å². The Morgan fingerprint density at radius 1 is 1.16 bits per heavy atom. The zero-order chi connectivity index (χ0) is 18.2. The summed E-state index contributed by atoms with van der Waals surface area (Å²) >= 11 is 0. The van der Waals surface area contributed by atoms with Gasteiger partial charge in [0, 0.05) is 23.4 Å². The van der Waals surface area contributed by atoms with Gasteiger partial charge in [0.15, 0.2) is 0 Å². The van der Waals surface area contributed by atoms with Gasteiger partial charge in [-0.3, -0.25) is 19.7 Å². The molecule has 8 nitrogen and oxygen atoms in total. The van der Waals surface area contributed by atoms with E-state index < -0.39 is 16.7 Å². The van der Waals surface area contributed by atoms with Crippen molar-refractivity contribution in [1.29, 1.82) is 0 Å². The van der Waals surface area contributed by atoms with Crippen LogP contribution in [0.25, 0.3) is 0 Å². The zero-order valence-corrected chi connectivity index (χ0v) is 13.4. The minimum absolute atomic E-state index is 0.0933. The van der Waals surface area contributed by atoms with Crippen molar-refractivity contribution < 1.29 is 14.5 Å². The first-order chi connectivity index (χ1) is 12.0. The average Bonchev–Trinajstić information content (AvgIpc) is 2.62. The van der Waals surface area contributed by atoms with E-state index in [0.29, 0.717) is 17.7 Å². The molecule has 0 bridgehead atoms. The maximum atomic E-state index is 11.9. The molecule has 0 fully saturated rings. The van der Waals surface area contributed by atoms with Crippen molar-refractivity contribution in [3.8, 4) is 0 Å². The monoisotopic (exact) mass is 340 g/mol. The molecule has 2 N–H and O–H groups in total. The van der Waals surface area contributed by atoms with Gasteiger partial charge in [-0.05, 0) is 18.1 Å². The first-order valence-corrected chi connectivity index (χ1v) is 7.48. The number of amides is 2. The number of nitrogens with zero attached hydrogens (tertiary/aromatic N) is 2. The molecule has 0 aliphatic carbocycles. The Labute approximate surface area is 143 Å². The van der Waals surface area contributed by atoms with Gasteiger partial charge in [0.2, 0.25) is 0 Å². The predicted octanol–water partition coefficient (Wildman–Crippen LogP) is 2.25. The Morgan fingerprint density at radius 3 is 2.64 bits per heavy atom. The molecule has 0 aliphatic heterocycles. The molecule has 0 heterocycles. The molecule has 0 unspecified atom stereocenters. The van der Waals surface area contributed by atoms with Crippen molar-refractivity contribution in [1.82, 2.24) is 5.43 Å². The smallest absolute Gasteiger partial charge is 0.317 e. The number of hydrogen-bond donors (Lipinski definition) is 2. The number of hydrazone groups is 1. The van der Waals surface area contributed by atoms with Gasteiger partial charge in [0.05, 0.1) is 11.1 Å². The molecule has 2 rings (SSSR count). The third kappa shape index (κ3) is 4.96. The van der Waals surface area contributed by atoms with Crippen LogP contribution >= 0.6 is 0 Å². The maximum Gasteiger partial charge on any atom is 0.329 e. The lowest BCUT2D eigenvalue weighted by molar-refractivity contribution is -0.384. The number of nitro groups is 1. The third-order valence-corrected chi connectivity index (χ3v) is 3.31. The molecule has 0 spiro atoms. The fraction of sp³-hybridized carbons (Fsp3) is 0.118. The van der Waals surface area contributed by atoms with E-state index in [4.69, 9.17) is 0 Å². The lowest BCUT2D eigenvalue weighted by Crippen LogP contribution is -2.32. The highest BCUT2D eigenvalue weighted by molar-refractivity contribution is 6.39. The van der Waals surface area contributed by atoms with Gasteiger partial charge in [0.25, 0.3) is 5.69 Å². The number of nitrogens with one attached hydrogen (secondary N) is 2. The van der Waals surface area contributed by atoms with Gasteiger partial charge in [-0.15, -0.1) is 0 Å². The van der Waals surface area contributed by atoms with E-state index in [1.165, 1.54) is 24.4 Å². The second kappa shape index (κ2) is 8.34. The molecule has 128 valence electrons. The molecule has 0 saturated heterocycles. The standard InChI is InChI=1S/C17H16N4O4/c1-2-13-7-3-4-9-15(13)19-16(22)17(23)20-18-11-12-6-5-8-14(10-12)21(24)25/h3-11H,2H2,1H3,(H,19,22)(H,20,23)/b18-11+. The second-order valence-electron chi connectivity index (χ2n) is 5.02. The summed E-state index contributed by atoms with van der Waals surface area (Å²) in [5, 5.41) is 16.8. The van der Waals surface area contributed by atoms with Crippen LogP contribution in [0.1, 0.15) is 18.1 Å². The quantitative estimate of drug-likeness (QED) is 0.376. The fourth-order valence-electron chi connectivity index (χ4n) is 2.06. The molecule has 0 atom stereocenters. The Kier molecular flexibility index (Phi) is 5.94. The van der Waals surface area contributed by atoms with Crippen LogP contribution in [0.4, 0.5) is 11.4 Å². The Balaban J connectivity index is 1.96. The molecule has 0 radical (unpaired) electrons. The van der Waals surface area contributed by atoms with Crippen LogP contribution in [-0.4, -0.2) is 23.0 Å². The van der Waals surface area contributed by atoms with Gasteiger partial charge in [-0.25, -0.2) is 5.43 Å². The molecular weight excluding hydrogens is 324 g/mol. The van der Waals surface area contributed by atoms with E-state index in [2.05, 4.69) is 15.8 Å². The van der Waals surface area contributed by atoms with Gasteiger partial charge >= 0.3 is 11.8 Å². The zero-order valence-electron chi connectivity index (χ0n) is 13.4. The van der Waals surface area contributed by atoms with Crippen LogP contribution in [0.15, 0.2) is 53.6 Å². The number of benzene rings is 2. The molecule has 8 heteroatoms. The van der Waals surface area contributed by atoms with Gasteiger partial charge in [0.1, 0.15) is 0 Å². The van der Waals surface area contributed by atoms with Gasteiger partial charge in [-0.1, -0.05) is 37.3 Å². The molecule has 2 amide bonds. The molecule has 2 aromatic carbocycles. The Hall–Kier alpha value is -3.55. The Morgan fingerprint density at radius 2 is 1.92 bits per heavy atom. The lowest BCUT2D eigenvalue weighted by atomic mass is 10.1. The number of rotatable bonds is 5. The average molecular weight is 340 g/mol. The molecule has 0 aromatic heterocycles. The van der Waals surface area contributed by atoms with E-state index in [1.54, 1.807) is 18.2 Å². The molecule has 0 aliphatic rings. The van der Waals surface area contributed by atoms with Crippen LogP contribution in [0.5, 0.6) is 0 Å². The highest BCUT2D eigenvalue weighted by Crippen LogP contribution is 2.15. The third-order valence-electron chi connectivity index (χ3n) is 3.31. The van der Waals surface area contributed by atoms with Crippen LogP contribution in [0, 0.1) is 10.1 Å². The second-order valence-corrected chi connectivity index (χ2v) is 5.02. The highest BCUT2D eigenvalue weighted by atomic mass is 16.6. The number of hydrogen-bond acceptors (Lipinski definition) is 5. The summed E-state index contributed by atoms with van der Waals surface area (Å²) in [4.78, 5) is 33.8. The van der Waals surface area contributed by atoms with Crippen molar-refractivity contribution in [2.24, 2.45) is 5.10 Å². The number of anilines is 1. The summed E-state index contributed by atoms with van der Waals surface area (Å²) in [5.74, 6) is -1.79. The van der Waals surface area contributed by atoms with Crippen LogP contribution < -0.4 is 10.7 Å². The topological polar surface area (TPSA) is 114 Å². The number of aryl methyl sites for hydroxylation is 1. The SMILES string of the molecule is CCc1ccccc1NC(=O)C(=O)N/N=C/c1cccc([N+](=O)[O-])c1. The normalized spacial score (nSPS) is 10.4. The number of non-ortho nitro benzene ring substituents is 1. The van der Waals surface area contributed by atoms with Gasteiger partial charge in [-0.2, -0.15) is 5.10 Å². The number of carbonyl (C=O) groups is 2. The first kappa shape index (κ1) is 17.8. The van der Waals surface area contributed by atoms with Crippen molar-refractivity contribution in [3.63, 3.8) is 0 Å². The minimum atomic E-state index is -0.937. The lowest BCUT2D eigenvalue weighted by Gasteiger charge is -2.08. The van der Waals surface area contributed by atoms with Crippen LogP contribution in [-0.2, 0) is 16.0 Å². The van der Waals surface area contributed by atoms with E-state index in [-0.39, 0.29) is 5.69 Å².